The van der Waals surface area contributed by atoms with Crippen LogP contribution in [-0.2, 0) is 0 Å². The second-order valence-electron chi connectivity index (χ2n) is 5.27. The van der Waals surface area contributed by atoms with Crippen LogP contribution in [0.2, 0.25) is 0 Å². The van der Waals surface area contributed by atoms with Gasteiger partial charge in [0.05, 0.1) is 0 Å². The zero-order valence-electron chi connectivity index (χ0n) is 12.9. The first-order chi connectivity index (χ1) is 11.7. The van der Waals surface area contributed by atoms with Crippen LogP contribution in [0.5, 0.6) is 0 Å². The third-order valence-electron chi connectivity index (χ3n) is 3.59. The Morgan fingerprint density at radius 2 is 1.29 bits per heavy atom. The number of hydrogen-bond donors (Lipinski definition) is 1. The first-order valence-corrected chi connectivity index (χ1v) is 7.61. The van der Waals surface area contributed by atoms with Crippen LogP contribution in [0.1, 0.15) is 15.9 Å². The Morgan fingerprint density at radius 3 is 1.88 bits per heavy atom. The lowest BCUT2D eigenvalue weighted by molar-refractivity contribution is 0.105. The highest BCUT2D eigenvalue weighted by atomic mass is 19.1. The molecule has 0 saturated heterocycles. The van der Waals surface area contributed by atoms with Gasteiger partial charge >= 0.3 is 0 Å². The van der Waals surface area contributed by atoms with Crippen LogP contribution in [0, 0.1) is 5.82 Å². The number of hydrogen-bond acceptors (Lipinski definition) is 2. The monoisotopic (exact) mass is 317 g/mol. The summed E-state index contributed by atoms with van der Waals surface area (Å²) in [6.45, 7) is 0. The van der Waals surface area contributed by atoms with E-state index in [1.807, 2.05) is 48.5 Å². The minimum atomic E-state index is -0.298. The first-order valence-electron chi connectivity index (χ1n) is 7.61. The largest absolute Gasteiger partial charge is 0.361 e. The van der Waals surface area contributed by atoms with Crippen LogP contribution in [-0.4, -0.2) is 5.78 Å². The molecule has 3 aromatic rings. The van der Waals surface area contributed by atoms with Gasteiger partial charge in [-0.1, -0.05) is 60.7 Å². The standard InChI is InChI=1S/C21H16FNO/c22-18-11-13-19(14-12-18)23-15-20(16-7-3-1-4-8-16)21(24)17-9-5-2-6-10-17/h1-15,23H/b20-15+. The van der Waals surface area contributed by atoms with Crippen molar-refractivity contribution in [2.24, 2.45) is 0 Å². The number of allylic oxidation sites excluding steroid dienone is 1. The molecule has 0 aliphatic carbocycles. The molecule has 3 rings (SSSR count). The van der Waals surface area contributed by atoms with Crippen molar-refractivity contribution in [1.29, 1.82) is 0 Å². The predicted octanol–water partition coefficient (Wildman–Crippen LogP) is 5.16. The number of benzene rings is 3. The first kappa shape index (κ1) is 15.7. The molecule has 0 aliphatic rings. The Balaban J connectivity index is 1.94. The van der Waals surface area contributed by atoms with Gasteiger partial charge in [-0.2, -0.15) is 0 Å². The summed E-state index contributed by atoms with van der Waals surface area (Å²) in [4.78, 5) is 12.9. The zero-order valence-corrected chi connectivity index (χ0v) is 12.9. The van der Waals surface area contributed by atoms with Gasteiger partial charge in [0.15, 0.2) is 5.78 Å². The second-order valence-corrected chi connectivity index (χ2v) is 5.27. The van der Waals surface area contributed by atoms with Gasteiger partial charge in [0, 0.05) is 23.0 Å². The van der Waals surface area contributed by atoms with Crippen molar-refractivity contribution in [3.8, 4) is 0 Å². The van der Waals surface area contributed by atoms with Gasteiger partial charge in [0.2, 0.25) is 0 Å². The number of carbonyl (C=O) groups excluding carboxylic acids is 1. The van der Waals surface area contributed by atoms with Crippen LogP contribution in [0.25, 0.3) is 5.57 Å². The van der Waals surface area contributed by atoms with Crippen molar-refractivity contribution in [1.82, 2.24) is 0 Å². The molecule has 0 aromatic heterocycles. The highest BCUT2D eigenvalue weighted by Gasteiger charge is 2.13. The molecule has 0 saturated carbocycles. The summed E-state index contributed by atoms with van der Waals surface area (Å²) in [5.74, 6) is -0.371. The van der Waals surface area contributed by atoms with E-state index < -0.39 is 0 Å². The minimum Gasteiger partial charge on any atom is -0.361 e. The molecule has 0 spiro atoms. The van der Waals surface area contributed by atoms with Gasteiger partial charge in [-0.3, -0.25) is 4.79 Å². The molecule has 0 bridgehead atoms. The molecule has 118 valence electrons. The third-order valence-corrected chi connectivity index (χ3v) is 3.59. The highest BCUT2D eigenvalue weighted by Crippen LogP contribution is 2.20. The molecular weight excluding hydrogens is 301 g/mol. The molecule has 3 heteroatoms. The van der Waals surface area contributed by atoms with Crippen molar-refractivity contribution in [2.75, 3.05) is 5.32 Å². The molecule has 0 atom stereocenters. The van der Waals surface area contributed by atoms with Crippen molar-refractivity contribution in [2.45, 2.75) is 0 Å². The van der Waals surface area contributed by atoms with Gasteiger partial charge in [-0.15, -0.1) is 0 Å². The molecule has 0 aliphatic heterocycles. The topological polar surface area (TPSA) is 29.1 Å². The Kier molecular flexibility index (Phi) is 4.82. The molecule has 1 N–H and O–H groups in total. The lowest BCUT2D eigenvalue weighted by atomic mass is 9.97. The van der Waals surface area contributed by atoms with Crippen LogP contribution >= 0.6 is 0 Å². The van der Waals surface area contributed by atoms with Crippen LogP contribution in [0.4, 0.5) is 10.1 Å². The Morgan fingerprint density at radius 1 is 0.750 bits per heavy atom. The molecular formula is C21H16FNO. The summed E-state index contributed by atoms with van der Waals surface area (Å²) >= 11 is 0. The van der Waals surface area contributed by atoms with Crippen molar-refractivity contribution in [3.05, 3.63) is 108 Å². The minimum absolute atomic E-state index is 0.0728. The van der Waals surface area contributed by atoms with Crippen molar-refractivity contribution >= 4 is 17.0 Å². The number of anilines is 1. The summed E-state index contributed by atoms with van der Waals surface area (Å²) in [5.41, 5.74) is 2.70. The normalized spacial score (nSPS) is 11.1. The maximum Gasteiger partial charge on any atom is 0.195 e. The van der Waals surface area contributed by atoms with E-state index in [4.69, 9.17) is 0 Å². The molecule has 3 aromatic carbocycles. The molecule has 0 fully saturated rings. The lowest BCUT2D eigenvalue weighted by Gasteiger charge is -2.09. The number of Topliss-reactive ketones (excluding diaryl/α,β-unsaturated/α-hetero) is 1. The van der Waals surface area contributed by atoms with E-state index in [0.29, 0.717) is 16.8 Å². The van der Waals surface area contributed by atoms with Crippen LogP contribution < -0.4 is 5.32 Å². The van der Waals surface area contributed by atoms with E-state index in [9.17, 15) is 9.18 Å². The van der Waals surface area contributed by atoms with Gasteiger partial charge in [-0.05, 0) is 29.8 Å². The summed E-state index contributed by atoms with van der Waals surface area (Å²) in [6, 6.07) is 24.6. The number of rotatable bonds is 5. The molecule has 2 nitrogen and oxygen atoms in total. The fourth-order valence-corrected chi connectivity index (χ4v) is 2.34. The second kappa shape index (κ2) is 7.38. The summed E-state index contributed by atoms with van der Waals surface area (Å²) < 4.78 is 13.0. The Bertz CT molecular complexity index is 840. The maximum atomic E-state index is 13.0. The number of carbonyl (C=O) groups is 1. The van der Waals surface area contributed by atoms with Gasteiger partial charge in [-0.25, -0.2) is 4.39 Å². The lowest BCUT2D eigenvalue weighted by Crippen LogP contribution is -2.05. The van der Waals surface area contributed by atoms with E-state index in [1.54, 1.807) is 30.5 Å². The zero-order chi connectivity index (χ0) is 16.8. The van der Waals surface area contributed by atoms with Crippen molar-refractivity contribution < 1.29 is 9.18 Å². The molecule has 0 amide bonds. The molecule has 24 heavy (non-hydrogen) atoms. The quantitative estimate of drug-likeness (QED) is 0.520. The highest BCUT2D eigenvalue weighted by molar-refractivity contribution is 6.29. The Labute approximate surface area is 140 Å². The summed E-state index contributed by atoms with van der Waals surface area (Å²) in [6.07, 6.45) is 1.66. The average molecular weight is 317 g/mol. The molecule has 0 heterocycles. The van der Waals surface area contributed by atoms with Gasteiger partial charge < -0.3 is 5.32 Å². The fourth-order valence-electron chi connectivity index (χ4n) is 2.34. The fraction of sp³-hybridized carbons (Fsp3) is 0. The molecule has 0 radical (unpaired) electrons. The van der Waals surface area contributed by atoms with E-state index >= 15 is 0 Å². The van der Waals surface area contributed by atoms with Crippen LogP contribution in [0.15, 0.2) is 91.1 Å². The van der Waals surface area contributed by atoms with E-state index in [1.165, 1.54) is 12.1 Å². The Hall–Kier alpha value is -3.20. The average Bonchev–Trinajstić information content (AvgIpc) is 2.65. The van der Waals surface area contributed by atoms with E-state index in [-0.39, 0.29) is 11.6 Å². The van der Waals surface area contributed by atoms with E-state index in [2.05, 4.69) is 5.32 Å². The molecule has 0 unspecified atom stereocenters. The third kappa shape index (κ3) is 3.76. The SMILES string of the molecule is O=C(/C(=C/Nc1ccc(F)cc1)c1ccccc1)c1ccccc1. The van der Waals surface area contributed by atoms with Crippen LogP contribution in [0.3, 0.4) is 0 Å². The maximum absolute atomic E-state index is 13.0. The smallest absolute Gasteiger partial charge is 0.195 e. The van der Waals surface area contributed by atoms with Gasteiger partial charge in [0.1, 0.15) is 5.82 Å². The van der Waals surface area contributed by atoms with Crippen molar-refractivity contribution in [3.63, 3.8) is 0 Å². The number of ketones is 1. The summed E-state index contributed by atoms with van der Waals surface area (Å²) in [7, 11) is 0. The van der Waals surface area contributed by atoms with E-state index in [0.717, 1.165) is 5.56 Å². The number of nitrogens with one attached hydrogen (secondary N) is 1. The predicted molar refractivity (Wildman–Crippen MR) is 95.2 cm³/mol. The van der Waals surface area contributed by atoms with Gasteiger partial charge in [0.25, 0.3) is 0 Å². The summed E-state index contributed by atoms with van der Waals surface area (Å²) in [5, 5.41) is 3.07. The number of halogens is 1.